The molecule has 0 saturated carbocycles. The summed E-state index contributed by atoms with van der Waals surface area (Å²) in [5.41, 5.74) is 4.54. The molecule has 0 saturated heterocycles. The zero-order valence-electron chi connectivity index (χ0n) is 17.1. The first-order valence-electron chi connectivity index (χ1n) is 10.0. The van der Waals surface area contributed by atoms with E-state index in [1.807, 2.05) is 36.4 Å². The average Bonchev–Trinajstić information content (AvgIpc) is 3.04. The number of carboxylic acids is 1. The molecule has 7 heteroatoms. The zero-order valence-corrected chi connectivity index (χ0v) is 17.1. The van der Waals surface area contributed by atoms with Gasteiger partial charge in [0.15, 0.2) is 0 Å². The fourth-order valence-electron chi connectivity index (χ4n) is 3.76. The van der Waals surface area contributed by atoms with Gasteiger partial charge in [-0.1, -0.05) is 55.5 Å². The molecule has 0 bridgehead atoms. The molecule has 0 spiro atoms. The van der Waals surface area contributed by atoms with Crippen LogP contribution in [0.3, 0.4) is 0 Å². The summed E-state index contributed by atoms with van der Waals surface area (Å²) in [6, 6.07) is 14.7. The van der Waals surface area contributed by atoms with Gasteiger partial charge >= 0.3 is 12.1 Å². The Morgan fingerprint density at radius 2 is 1.57 bits per heavy atom. The lowest BCUT2D eigenvalue weighted by molar-refractivity contribution is -0.142. The van der Waals surface area contributed by atoms with Crippen LogP contribution in [0.25, 0.3) is 11.1 Å². The monoisotopic (exact) mass is 410 g/mol. The molecule has 30 heavy (non-hydrogen) atoms. The third-order valence-corrected chi connectivity index (χ3v) is 5.24. The van der Waals surface area contributed by atoms with Crippen LogP contribution in [0.4, 0.5) is 4.79 Å². The number of hydrogen-bond acceptors (Lipinski definition) is 4. The van der Waals surface area contributed by atoms with Gasteiger partial charge in [0.05, 0.1) is 0 Å². The van der Waals surface area contributed by atoms with Crippen molar-refractivity contribution in [3.05, 3.63) is 59.7 Å². The summed E-state index contributed by atoms with van der Waals surface area (Å²) in [6.07, 6.45) is -0.356. The van der Waals surface area contributed by atoms with Crippen LogP contribution >= 0.6 is 0 Å². The number of hydrogen-bond donors (Lipinski definition) is 3. The van der Waals surface area contributed by atoms with E-state index in [9.17, 15) is 14.4 Å². The number of ether oxygens (including phenoxy) is 1. The normalized spacial score (nSPS) is 14.2. The number of fused-ring (bicyclic) bond motifs is 3. The fourth-order valence-corrected chi connectivity index (χ4v) is 3.76. The van der Waals surface area contributed by atoms with Gasteiger partial charge in [-0.15, -0.1) is 0 Å². The molecule has 0 fully saturated rings. The lowest BCUT2D eigenvalue weighted by atomic mass is 9.98. The highest BCUT2D eigenvalue weighted by atomic mass is 16.5. The average molecular weight is 410 g/mol. The molecular weight excluding hydrogens is 384 g/mol. The molecule has 7 nitrogen and oxygen atoms in total. The van der Waals surface area contributed by atoms with E-state index in [2.05, 4.69) is 22.8 Å². The van der Waals surface area contributed by atoms with Crippen LogP contribution in [-0.4, -0.2) is 41.8 Å². The Morgan fingerprint density at radius 1 is 1.00 bits per heavy atom. The molecule has 0 aromatic heterocycles. The summed E-state index contributed by atoms with van der Waals surface area (Å²) in [5, 5.41) is 14.1. The summed E-state index contributed by atoms with van der Waals surface area (Å²) in [4.78, 5) is 35.2. The lowest BCUT2D eigenvalue weighted by Gasteiger charge is -2.18. The van der Waals surface area contributed by atoms with E-state index in [4.69, 9.17) is 9.84 Å². The molecule has 158 valence electrons. The predicted molar refractivity (Wildman–Crippen MR) is 112 cm³/mol. The molecular formula is C23H26N2O5. The highest BCUT2D eigenvalue weighted by molar-refractivity contribution is 5.84. The van der Waals surface area contributed by atoms with Crippen molar-refractivity contribution in [1.29, 1.82) is 0 Å². The molecule has 1 aliphatic rings. The molecule has 1 aliphatic carbocycles. The SMILES string of the molecule is CC[C@@H](NC(=O)C[C@H](C)NC(=O)OCC1c2ccccc2-c2ccccc21)C(=O)O. The minimum absolute atomic E-state index is 0.0338. The standard InChI is InChI=1S/C23H26N2O5/c1-3-20(22(27)28)25-21(26)12-14(2)24-23(29)30-13-19-17-10-6-4-8-15(17)16-9-5-7-11-18(16)19/h4-11,14,19-20H,3,12-13H2,1-2H3,(H,24,29)(H,25,26)(H,27,28)/t14-,20+/m0/s1. The number of amides is 2. The Labute approximate surface area is 175 Å². The van der Waals surface area contributed by atoms with Crippen molar-refractivity contribution in [2.45, 2.75) is 44.7 Å². The quantitative estimate of drug-likeness (QED) is 0.619. The number of carbonyl (C=O) groups is 3. The summed E-state index contributed by atoms with van der Waals surface area (Å²) >= 11 is 0. The highest BCUT2D eigenvalue weighted by Gasteiger charge is 2.29. The van der Waals surface area contributed by atoms with Crippen molar-refractivity contribution in [2.24, 2.45) is 0 Å². The Balaban J connectivity index is 1.54. The van der Waals surface area contributed by atoms with Gasteiger partial charge in [-0.25, -0.2) is 9.59 Å². The number of carbonyl (C=O) groups excluding carboxylic acids is 2. The van der Waals surface area contributed by atoms with Gasteiger partial charge in [0, 0.05) is 18.4 Å². The van der Waals surface area contributed by atoms with Gasteiger partial charge in [0.1, 0.15) is 12.6 Å². The fraction of sp³-hybridized carbons (Fsp3) is 0.348. The first-order valence-corrected chi connectivity index (χ1v) is 10.0. The zero-order chi connectivity index (χ0) is 21.7. The molecule has 3 N–H and O–H groups in total. The van der Waals surface area contributed by atoms with Crippen LogP contribution in [-0.2, 0) is 14.3 Å². The van der Waals surface area contributed by atoms with Crippen LogP contribution < -0.4 is 10.6 Å². The first kappa shape index (κ1) is 21.4. The third kappa shape index (κ3) is 4.79. The maximum Gasteiger partial charge on any atom is 0.407 e. The van der Waals surface area contributed by atoms with E-state index in [0.29, 0.717) is 0 Å². The van der Waals surface area contributed by atoms with Gasteiger partial charge in [-0.3, -0.25) is 4.79 Å². The van der Waals surface area contributed by atoms with Crippen LogP contribution in [0.2, 0.25) is 0 Å². The van der Waals surface area contributed by atoms with Gasteiger partial charge in [0.25, 0.3) is 0 Å². The number of alkyl carbamates (subject to hydrolysis) is 1. The number of carboxylic acid groups (broad SMARTS) is 1. The largest absolute Gasteiger partial charge is 0.480 e. The number of benzene rings is 2. The van der Waals surface area contributed by atoms with E-state index in [1.165, 1.54) is 0 Å². The van der Waals surface area contributed by atoms with Crippen LogP contribution in [0.5, 0.6) is 0 Å². The Hall–Kier alpha value is -3.35. The molecule has 0 unspecified atom stereocenters. The second-order valence-electron chi connectivity index (χ2n) is 7.44. The van der Waals surface area contributed by atoms with E-state index in [-0.39, 0.29) is 25.4 Å². The summed E-state index contributed by atoms with van der Waals surface area (Å²) in [5.74, 6) is -1.55. The number of aliphatic carboxylic acids is 1. The van der Waals surface area contributed by atoms with Crippen molar-refractivity contribution < 1.29 is 24.2 Å². The van der Waals surface area contributed by atoms with Gasteiger partial charge in [-0.05, 0) is 35.6 Å². The highest BCUT2D eigenvalue weighted by Crippen LogP contribution is 2.44. The van der Waals surface area contributed by atoms with Gasteiger partial charge < -0.3 is 20.5 Å². The maximum absolute atomic E-state index is 12.2. The molecule has 2 aromatic rings. The topological polar surface area (TPSA) is 105 Å². The minimum atomic E-state index is -1.08. The Bertz CT molecular complexity index is 897. The first-order chi connectivity index (χ1) is 14.4. The molecule has 2 aromatic carbocycles. The van der Waals surface area contributed by atoms with Crippen molar-refractivity contribution in [3.63, 3.8) is 0 Å². The van der Waals surface area contributed by atoms with Crippen molar-refractivity contribution in [1.82, 2.24) is 10.6 Å². The van der Waals surface area contributed by atoms with E-state index >= 15 is 0 Å². The van der Waals surface area contributed by atoms with Crippen molar-refractivity contribution in [3.8, 4) is 11.1 Å². The lowest BCUT2D eigenvalue weighted by Crippen LogP contribution is -2.43. The van der Waals surface area contributed by atoms with Crippen LogP contribution in [0.1, 0.15) is 43.7 Å². The number of rotatable bonds is 8. The Kier molecular flexibility index (Phi) is 6.72. The van der Waals surface area contributed by atoms with Crippen molar-refractivity contribution >= 4 is 18.0 Å². The summed E-state index contributed by atoms with van der Waals surface area (Å²) in [6.45, 7) is 3.54. The van der Waals surface area contributed by atoms with Gasteiger partial charge in [-0.2, -0.15) is 0 Å². The molecule has 0 aliphatic heterocycles. The molecule has 2 amide bonds. The van der Waals surface area contributed by atoms with E-state index in [1.54, 1.807) is 13.8 Å². The second-order valence-corrected chi connectivity index (χ2v) is 7.44. The van der Waals surface area contributed by atoms with Gasteiger partial charge in [0.2, 0.25) is 5.91 Å². The van der Waals surface area contributed by atoms with Crippen LogP contribution in [0.15, 0.2) is 48.5 Å². The van der Waals surface area contributed by atoms with E-state index in [0.717, 1.165) is 22.3 Å². The van der Waals surface area contributed by atoms with E-state index < -0.39 is 30.1 Å². The molecule has 3 rings (SSSR count). The maximum atomic E-state index is 12.2. The third-order valence-electron chi connectivity index (χ3n) is 5.24. The Morgan fingerprint density at radius 3 is 2.10 bits per heavy atom. The molecule has 0 heterocycles. The minimum Gasteiger partial charge on any atom is -0.480 e. The molecule has 0 radical (unpaired) electrons. The van der Waals surface area contributed by atoms with Crippen LogP contribution in [0, 0.1) is 0 Å². The van der Waals surface area contributed by atoms with Crippen molar-refractivity contribution in [2.75, 3.05) is 6.61 Å². The summed E-state index contributed by atoms with van der Waals surface area (Å²) < 4.78 is 5.46. The second kappa shape index (κ2) is 9.43. The molecule has 2 atom stereocenters. The smallest absolute Gasteiger partial charge is 0.407 e. The number of nitrogens with one attached hydrogen (secondary N) is 2. The summed E-state index contributed by atoms with van der Waals surface area (Å²) in [7, 11) is 0. The predicted octanol–water partition coefficient (Wildman–Crippen LogP) is 3.28.